The number of rotatable bonds is 6. The van der Waals surface area contributed by atoms with Gasteiger partial charge >= 0.3 is 6.03 Å². The van der Waals surface area contributed by atoms with Gasteiger partial charge in [0.15, 0.2) is 0 Å². The maximum Gasteiger partial charge on any atom is 0.315 e. The fraction of sp³-hybridized carbons (Fsp3) is 0.462. The van der Waals surface area contributed by atoms with Crippen LogP contribution in [0.4, 0.5) is 4.79 Å². The molecule has 4 nitrogen and oxygen atoms in total. The summed E-state index contributed by atoms with van der Waals surface area (Å²) in [6.45, 7) is 2.34. The predicted molar refractivity (Wildman–Crippen MR) is 80.7 cm³/mol. The Morgan fingerprint density at radius 3 is 2.58 bits per heavy atom. The summed E-state index contributed by atoms with van der Waals surface area (Å²) in [7, 11) is 0. The van der Waals surface area contributed by atoms with Crippen molar-refractivity contribution in [1.29, 1.82) is 0 Å². The highest BCUT2D eigenvalue weighted by atomic mass is 35.5. The number of carbonyl (C=O) groups is 1. The summed E-state index contributed by atoms with van der Waals surface area (Å²) < 4.78 is 0. The van der Waals surface area contributed by atoms with Gasteiger partial charge in [0.05, 0.1) is 5.60 Å². The van der Waals surface area contributed by atoms with Crippen LogP contribution in [-0.2, 0) is 6.54 Å². The molecular formula is C13H19ClN2O2S. The van der Waals surface area contributed by atoms with Crippen molar-refractivity contribution in [3.63, 3.8) is 0 Å². The van der Waals surface area contributed by atoms with Crippen LogP contribution in [0.3, 0.4) is 0 Å². The molecule has 0 aromatic heterocycles. The fourth-order valence-corrected chi connectivity index (χ4v) is 2.33. The van der Waals surface area contributed by atoms with Crippen LogP contribution in [0.1, 0.15) is 12.5 Å². The van der Waals surface area contributed by atoms with Gasteiger partial charge in [0, 0.05) is 23.9 Å². The Morgan fingerprint density at radius 1 is 1.37 bits per heavy atom. The molecule has 0 aliphatic rings. The normalized spacial score (nSPS) is 13.7. The number of hydrogen-bond donors (Lipinski definition) is 3. The number of nitrogens with one attached hydrogen (secondary N) is 2. The summed E-state index contributed by atoms with van der Waals surface area (Å²) in [6.07, 6.45) is 1.91. The molecule has 1 aromatic carbocycles. The molecule has 0 radical (unpaired) electrons. The van der Waals surface area contributed by atoms with Gasteiger partial charge in [-0.15, -0.1) is 0 Å². The minimum atomic E-state index is -0.892. The lowest BCUT2D eigenvalue weighted by molar-refractivity contribution is 0.0869. The summed E-state index contributed by atoms with van der Waals surface area (Å²) in [4.78, 5) is 11.6. The average molecular weight is 303 g/mol. The summed E-state index contributed by atoms with van der Waals surface area (Å²) in [6, 6.07) is 6.97. The molecule has 0 heterocycles. The Labute approximate surface area is 122 Å². The summed E-state index contributed by atoms with van der Waals surface area (Å²) in [5.74, 6) is 0.574. The topological polar surface area (TPSA) is 61.4 Å². The number of urea groups is 1. The van der Waals surface area contributed by atoms with Crippen LogP contribution >= 0.6 is 23.4 Å². The molecule has 3 N–H and O–H groups in total. The Morgan fingerprint density at radius 2 is 2.00 bits per heavy atom. The maximum atomic E-state index is 11.6. The molecule has 1 atom stereocenters. The van der Waals surface area contributed by atoms with Crippen molar-refractivity contribution in [2.75, 3.05) is 18.6 Å². The van der Waals surface area contributed by atoms with Crippen LogP contribution in [-0.4, -0.2) is 35.3 Å². The van der Waals surface area contributed by atoms with Gasteiger partial charge < -0.3 is 15.7 Å². The van der Waals surface area contributed by atoms with Gasteiger partial charge in [0.25, 0.3) is 0 Å². The third kappa shape index (κ3) is 6.71. The Balaban J connectivity index is 2.30. The van der Waals surface area contributed by atoms with E-state index in [4.69, 9.17) is 11.6 Å². The fourth-order valence-electron chi connectivity index (χ4n) is 1.48. The van der Waals surface area contributed by atoms with Gasteiger partial charge in [-0.3, -0.25) is 0 Å². The van der Waals surface area contributed by atoms with Crippen LogP contribution in [0.25, 0.3) is 0 Å². The number of thioether (sulfide) groups is 1. The summed E-state index contributed by atoms with van der Waals surface area (Å²) in [5.41, 5.74) is 0.0761. The molecule has 1 aromatic rings. The van der Waals surface area contributed by atoms with E-state index in [-0.39, 0.29) is 12.6 Å². The first kappa shape index (κ1) is 16.1. The van der Waals surface area contributed by atoms with Crippen LogP contribution in [0.15, 0.2) is 24.3 Å². The summed E-state index contributed by atoms with van der Waals surface area (Å²) in [5, 5.41) is 15.9. The second-order valence-corrected chi connectivity index (χ2v) is 5.90. The van der Waals surface area contributed by atoms with E-state index >= 15 is 0 Å². The van der Waals surface area contributed by atoms with Crippen molar-refractivity contribution < 1.29 is 9.90 Å². The standard InChI is InChI=1S/C13H19ClN2O2S/c1-13(18,9-19-2)8-16-12(17)15-7-10-3-5-11(14)6-4-10/h3-6,18H,7-9H2,1-2H3,(H2,15,16,17). The van der Waals surface area contributed by atoms with Gasteiger partial charge in [-0.2, -0.15) is 11.8 Å². The zero-order valence-electron chi connectivity index (χ0n) is 11.1. The van der Waals surface area contributed by atoms with Crippen molar-refractivity contribution in [3.8, 4) is 0 Å². The van der Waals surface area contributed by atoms with Gasteiger partial charge in [-0.1, -0.05) is 23.7 Å². The first-order valence-electron chi connectivity index (χ1n) is 5.90. The van der Waals surface area contributed by atoms with E-state index in [2.05, 4.69) is 10.6 Å². The lowest BCUT2D eigenvalue weighted by Crippen LogP contribution is -2.45. The number of carbonyl (C=O) groups excluding carboxylic acids is 1. The molecule has 19 heavy (non-hydrogen) atoms. The first-order valence-corrected chi connectivity index (χ1v) is 7.67. The van der Waals surface area contributed by atoms with Crippen molar-refractivity contribution in [2.24, 2.45) is 0 Å². The van der Waals surface area contributed by atoms with Crippen molar-refractivity contribution in [3.05, 3.63) is 34.9 Å². The van der Waals surface area contributed by atoms with E-state index in [9.17, 15) is 9.90 Å². The van der Waals surface area contributed by atoms with Crippen molar-refractivity contribution in [2.45, 2.75) is 19.1 Å². The smallest absolute Gasteiger partial charge is 0.315 e. The Bertz CT molecular complexity index is 410. The van der Waals surface area contributed by atoms with Gasteiger partial charge in [0.2, 0.25) is 0 Å². The first-order chi connectivity index (χ1) is 8.93. The second-order valence-electron chi connectivity index (χ2n) is 4.59. The van der Waals surface area contributed by atoms with Crippen LogP contribution < -0.4 is 10.6 Å². The van der Waals surface area contributed by atoms with Crippen LogP contribution in [0, 0.1) is 0 Å². The van der Waals surface area contributed by atoms with E-state index < -0.39 is 5.60 Å². The van der Waals surface area contributed by atoms with Gasteiger partial charge in [-0.05, 0) is 30.9 Å². The molecule has 0 bridgehead atoms. The minimum absolute atomic E-state index is 0.223. The number of amides is 2. The van der Waals surface area contributed by atoms with Crippen LogP contribution in [0.2, 0.25) is 5.02 Å². The highest BCUT2D eigenvalue weighted by Crippen LogP contribution is 2.10. The molecule has 0 fully saturated rings. The monoisotopic (exact) mass is 302 g/mol. The van der Waals surface area contributed by atoms with E-state index in [1.807, 2.05) is 18.4 Å². The minimum Gasteiger partial charge on any atom is -0.387 e. The van der Waals surface area contributed by atoms with E-state index in [0.29, 0.717) is 17.3 Å². The van der Waals surface area contributed by atoms with Crippen LogP contribution in [0.5, 0.6) is 0 Å². The van der Waals surface area contributed by atoms with Crippen molar-refractivity contribution >= 4 is 29.4 Å². The van der Waals surface area contributed by atoms with Crippen molar-refractivity contribution in [1.82, 2.24) is 10.6 Å². The molecule has 106 valence electrons. The lowest BCUT2D eigenvalue weighted by atomic mass is 10.1. The third-order valence-electron chi connectivity index (χ3n) is 2.45. The number of aliphatic hydroxyl groups is 1. The molecule has 0 saturated carbocycles. The molecular weight excluding hydrogens is 284 g/mol. The molecule has 0 aliphatic carbocycles. The largest absolute Gasteiger partial charge is 0.387 e. The van der Waals surface area contributed by atoms with E-state index in [1.54, 1.807) is 19.1 Å². The molecule has 0 aliphatic heterocycles. The second kappa shape index (κ2) is 7.62. The number of hydrogen-bond acceptors (Lipinski definition) is 3. The predicted octanol–water partition coefficient (Wildman–Crippen LogP) is 2.25. The molecule has 0 spiro atoms. The zero-order chi connectivity index (χ0) is 14.3. The molecule has 1 unspecified atom stereocenters. The number of benzene rings is 1. The third-order valence-corrected chi connectivity index (χ3v) is 3.61. The molecule has 1 rings (SSSR count). The summed E-state index contributed by atoms with van der Waals surface area (Å²) >= 11 is 7.31. The lowest BCUT2D eigenvalue weighted by Gasteiger charge is -2.22. The Kier molecular flexibility index (Phi) is 6.48. The Hall–Kier alpha value is -0.910. The molecule has 6 heteroatoms. The average Bonchev–Trinajstić information content (AvgIpc) is 2.36. The molecule has 0 saturated heterocycles. The quantitative estimate of drug-likeness (QED) is 0.755. The highest BCUT2D eigenvalue weighted by molar-refractivity contribution is 7.98. The maximum absolute atomic E-state index is 11.6. The SMILES string of the molecule is CSCC(C)(O)CNC(=O)NCc1ccc(Cl)cc1. The van der Waals surface area contributed by atoms with Gasteiger partial charge in [0.1, 0.15) is 0 Å². The van der Waals surface area contributed by atoms with E-state index in [1.165, 1.54) is 11.8 Å². The highest BCUT2D eigenvalue weighted by Gasteiger charge is 2.20. The van der Waals surface area contributed by atoms with E-state index in [0.717, 1.165) is 5.56 Å². The molecule has 2 amide bonds. The zero-order valence-corrected chi connectivity index (χ0v) is 12.6. The number of halogens is 1. The van der Waals surface area contributed by atoms with Gasteiger partial charge in [-0.25, -0.2) is 4.79 Å².